The van der Waals surface area contributed by atoms with Crippen LogP contribution in [0.3, 0.4) is 0 Å². The first-order valence-corrected chi connectivity index (χ1v) is 9.05. The predicted molar refractivity (Wildman–Crippen MR) is 91.5 cm³/mol. The topological polar surface area (TPSA) is 58.6 Å². The molecule has 0 spiro atoms. The number of ether oxygens (including phenoxy) is 1. The van der Waals surface area contributed by atoms with E-state index in [1.165, 1.54) is 6.33 Å². The Bertz CT molecular complexity index is 553. The van der Waals surface area contributed by atoms with Crippen LogP contribution in [-0.2, 0) is 16.1 Å². The van der Waals surface area contributed by atoms with E-state index in [0.29, 0.717) is 38.4 Å². The van der Waals surface area contributed by atoms with Gasteiger partial charge in [0.15, 0.2) is 0 Å². The molecule has 2 aliphatic heterocycles. The van der Waals surface area contributed by atoms with Crippen LogP contribution in [0, 0.1) is 5.92 Å². The van der Waals surface area contributed by atoms with E-state index < -0.39 is 6.17 Å². The van der Waals surface area contributed by atoms with Crippen LogP contribution in [0.15, 0.2) is 18.7 Å². The smallest absolute Gasteiger partial charge is 0.222 e. The fourth-order valence-electron chi connectivity index (χ4n) is 3.70. The van der Waals surface area contributed by atoms with Crippen molar-refractivity contribution in [3.63, 3.8) is 0 Å². The molecular formula is C18H27FN4O2. The van der Waals surface area contributed by atoms with Gasteiger partial charge in [-0.25, -0.2) is 14.4 Å². The standard InChI is InChI=1S/C18H27FN4O2/c1-22(18(24)3-2-14-4-5-25-12-14)11-17-6-16(19)10-23(17)9-15-7-20-13-21-8-15/h7-8,13-14,16-17H,2-6,9-12H2,1H3/t14-,16+,17+/m1/s1. The first-order valence-electron chi connectivity index (χ1n) is 9.05. The number of halogens is 1. The van der Waals surface area contributed by atoms with Gasteiger partial charge in [-0.3, -0.25) is 9.69 Å². The molecule has 0 aliphatic carbocycles. The second-order valence-corrected chi connectivity index (χ2v) is 7.21. The molecule has 25 heavy (non-hydrogen) atoms. The van der Waals surface area contributed by atoms with Crippen molar-refractivity contribution in [3.8, 4) is 0 Å². The largest absolute Gasteiger partial charge is 0.381 e. The van der Waals surface area contributed by atoms with Gasteiger partial charge in [0.25, 0.3) is 0 Å². The summed E-state index contributed by atoms with van der Waals surface area (Å²) in [6, 6.07) is 0.0407. The summed E-state index contributed by atoms with van der Waals surface area (Å²) >= 11 is 0. The van der Waals surface area contributed by atoms with E-state index in [1.54, 1.807) is 17.3 Å². The van der Waals surface area contributed by atoms with Gasteiger partial charge < -0.3 is 9.64 Å². The fourth-order valence-corrected chi connectivity index (χ4v) is 3.70. The van der Waals surface area contributed by atoms with Crippen molar-refractivity contribution in [1.29, 1.82) is 0 Å². The maximum Gasteiger partial charge on any atom is 0.222 e. The van der Waals surface area contributed by atoms with Crippen molar-refractivity contribution >= 4 is 5.91 Å². The second kappa shape index (κ2) is 8.67. The zero-order valence-corrected chi connectivity index (χ0v) is 14.8. The lowest BCUT2D eigenvalue weighted by Crippen LogP contribution is -2.41. The van der Waals surface area contributed by atoms with Crippen LogP contribution >= 0.6 is 0 Å². The summed E-state index contributed by atoms with van der Waals surface area (Å²) in [7, 11) is 1.82. The number of rotatable bonds is 7. The molecule has 2 saturated heterocycles. The summed E-state index contributed by atoms with van der Waals surface area (Å²) in [6.45, 7) is 3.17. The average molecular weight is 350 g/mol. The molecule has 0 saturated carbocycles. The Hall–Kier alpha value is -1.60. The monoisotopic (exact) mass is 350 g/mol. The molecule has 7 heteroatoms. The first kappa shape index (κ1) is 18.2. The molecule has 2 fully saturated rings. The quantitative estimate of drug-likeness (QED) is 0.749. The Morgan fingerprint density at radius 1 is 1.44 bits per heavy atom. The minimum Gasteiger partial charge on any atom is -0.381 e. The number of hydrogen-bond acceptors (Lipinski definition) is 5. The highest BCUT2D eigenvalue weighted by Crippen LogP contribution is 2.24. The van der Waals surface area contributed by atoms with E-state index in [-0.39, 0.29) is 11.9 Å². The summed E-state index contributed by atoms with van der Waals surface area (Å²) in [6.07, 6.45) is 7.12. The van der Waals surface area contributed by atoms with Gasteiger partial charge in [-0.1, -0.05) is 0 Å². The second-order valence-electron chi connectivity index (χ2n) is 7.21. The minimum atomic E-state index is -0.839. The van der Waals surface area contributed by atoms with Crippen LogP contribution < -0.4 is 0 Å². The van der Waals surface area contributed by atoms with Crippen LogP contribution in [-0.4, -0.2) is 71.2 Å². The zero-order valence-electron chi connectivity index (χ0n) is 14.8. The Balaban J connectivity index is 1.49. The van der Waals surface area contributed by atoms with Crippen LogP contribution in [0.25, 0.3) is 0 Å². The number of aromatic nitrogens is 2. The van der Waals surface area contributed by atoms with E-state index in [1.807, 2.05) is 7.05 Å². The number of amides is 1. The highest BCUT2D eigenvalue weighted by Gasteiger charge is 2.33. The maximum absolute atomic E-state index is 13.9. The van der Waals surface area contributed by atoms with E-state index in [4.69, 9.17) is 4.74 Å². The lowest BCUT2D eigenvalue weighted by molar-refractivity contribution is -0.130. The van der Waals surface area contributed by atoms with Crippen LogP contribution in [0.4, 0.5) is 4.39 Å². The van der Waals surface area contributed by atoms with E-state index in [9.17, 15) is 9.18 Å². The molecule has 0 aromatic carbocycles. The van der Waals surface area contributed by atoms with Gasteiger partial charge in [0.2, 0.25) is 5.91 Å². The lowest BCUT2D eigenvalue weighted by Gasteiger charge is -2.28. The Morgan fingerprint density at radius 2 is 2.24 bits per heavy atom. The Morgan fingerprint density at radius 3 is 2.96 bits per heavy atom. The van der Waals surface area contributed by atoms with Gasteiger partial charge in [0, 0.05) is 70.3 Å². The summed E-state index contributed by atoms with van der Waals surface area (Å²) < 4.78 is 19.3. The highest BCUT2D eigenvalue weighted by atomic mass is 19.1. The summed E-state index contributed by atoms with van der Waals surface area (Å²) in [5, 5.41) is 0. The number of nitrogens with zero attached hydrogens (tertiary/aromatic N) is 4. The minimum absolute atomic E-state index is 0.0407. The number of hydrogen-bond donors (Lipinski definition) is 0. The van der Waals surface area contributed by atoms with Gasteiger partial charge in [0.05, 0.1) is 0 Å². The van der Waals surface area contributed by atoms with Crippen molar-refractivity contribution in [3.05, 3.63) is 24.3 Å². The third-order valence-electron chi connectivity index (χ3n) is 5.18. The third-order valence-corrected chi connectivity index (χ3v) is 5.18. The number of alkyl halides is 1. The Kier molecular flexibility index (Phi) is 6.31. The molecule has 1 aromatic rings. The van der Waals surface area contributed by atoms with E-state index >= 15 is 0 Å². The molecule has 0 radical (unpaired) electrons. The van der Waals surface area contributed by atoms with Crippen molar-refractivity contribution in [1.82, 2.24) is 19.8 Å². The molecule has 0 bridgehead atoms. The third kappa shape index (κ3) is 5.19. The molecule has 0 unspecified atom stereocenters. The van der Waals surface area contributed by atoms with Crippen molar-refractivity contribution in [2.24, 2.45) is 5.92 Å². The molecule has 3 atom stereocenters. The molecule has 1 amide bonds. The first-order chi connectivity index (χ1) is 12.1. The highest BCUT2D eigenvalue weighted by molar-refractivity contribution is 5.75. The molecule has 3 rings (SSSR count). The molecule has 6 nitrogen and oxygen atoms in total. The summed E-state index contributed by atoms with van der Waals surface area (Å²) in [4.78, 5) is 24.3. The van der Waals surface area contributed by atoms with Gasteiger partial charge in [0.1, 0.15) is 12.5 Å². The normalized spacial score (nSPS) is 26.9. The SMILES string of the molecule is CN(C[C@@H]1C[C@H](F)CN1Cc1cncnc1)C(=O)CC[C@@H]1CCOC1. The number of likely N-dealkylation sites (N-methyl/N-ethyl adjacent to an activating group) is 1. The van der Waals surface area contributed by atoms with Gasteiger partial charge in [-0.05, 0) is 25.2 Å². The number of likely N-dealkylation sites (tertiary alicyclic amines) is 1. The maximum atomic E-state index is 13.9. The summed E-state index contributed by atoms with van der Waals surface area (Å²) in [5.41, 5.74) is 0.969. The van der Waals surface area contributed by atoms with Crippen molar-refractivity contribution in [2.45, 2.75) is 44.4 Å². The number of carbonyl (C=O) groups is 1. The van der Waals surface area contributed by atoms with Crippen molar-refractivity contribution in [2.75, 3.05) is 33.4 Å². The van der Waals surface area contributed by atoms with Crippen LogP contribution in [0.1, 0.15) is 31.2 Å². The van der Waals surface area contributed by atoms with Gasteiger partial charge in [-0.15, -0.1) is 0 Å². The molecule has 138 valence electrons. The van der Waals surface area contributed by atoms with E-state index in [2.05, 4.69) is 14.9 Å². The zero-order chi connectivity index (χ0) is 17.6. The molecule has 0 N–H and O–H groups in total. The molecule has 3 heterocycles. The predicted octanol–water partition coefficient (Wildman–Crippen LogP) is 1.66. The lowest BCUT2D eigenvalue weighted by atomic mass is 10.0. The Labute approximate surface area is 148 Å². The fraction of sp³-hybridized carbons (Fsp3) is 0.722. The van der Waals surface area contributed by atoms with Crippen LogP contribution in [0.5, 0.6) is 0 Å². The molecule has 1 aromatic heterocycles. The van der Waals surface area contributed by atoms with Gasteiger partial charge >= 0.3 is 0 Å². The summed E-state index contributed by atoms with van der Waals surface area (Å²) in [5.74, 6) is 0.644. The number of carbonyl (C=O) groups excluding carboxylic acids is 1. The van der Waals surface area contributed by atoms with E-state index in [0.717, 1.165) is 31.6 Å². The molecular weight excluding hydrogens is 323 g/mol. The van der Waals surface area contributed by atoms with Crippen molar-refractivity contribution < 1.29 is 13.9 Å². The van der Waals surface area contributed by atoms with Crippen LogP contribution in [0.2, 0.25) is 0 Å². The average Bonchev–Trinajstić information content (AvgIpc) is 3.23. The molecule has 2 aliphatic rings. The van der Waals surface area contributed by atoms with Gasteiger partial charge in [-0.2, -0.15) is 0 Å².